The quantitative estimate of drug-likeness (QED) is 0.345. The first-order valence-corrected chi connectivity index (χ1v) is 12.1. The largest absolute Gasteiger partial charge is 0.458 e. The van der Waals surface area contributed by atoms with Crippen LogP contribution in [0.5, 0.6) is 0 Å². The number of ether oxygens (including phenoxy) is 2. The summed E-state index contributed by atoms with van der Waals surface area (Å²) in [5.41, 5.74) is 4.08. The van der Waals surface area contributed by atoms with Gasteiger partial charge in [0.05, 0.1) is 6.04 Å². The number of esters is 1. The van der Waals surface area contributed by atoms with Crippen molar-refractivity contribution in [2.75, 3.05) is 0 Å². The highest BCUT2D eigenvalue weighted by Gasteiger charge is 2.44. The molecule has 0 saturated heterocycles. The lowest BCUT2D eigenvalue weighted by Gasteiger charge is -2.35. The van der Waals surface area contributed by atoms with Gasteiger partial charge in [0.1, 0.15) is 23.3 Å². The maximum atomic E-state index is 13.8. The Morgan fingerprint density at radius 1 is 0.886 bits per heavy atom. The number of nitrogens with two attached hydrogens (primary N) is 1. The highest BCUT2D eigenvalue weighted by Crippen LogP contribution is 2.21. The molecule has 0 aromatic heterocycles. The number of carbonyl (C=O) groups is 5. The van der Waals surface area contributed by atoms with Crippen LogP contribution < -0.4 is 11.1 Å². The lowest BCUT2D eigenvalue weighted by atomic mass is 9.97. The molecule has 0 bridgehead atoms. The number of nitrogens with one attached hydrogen (secondary N) is 1. The second kappa shape index (κ2) is 13.0. The van der Waals surface area contributed by atoms with Gasteiger partial charge in [-0.2, -0.15) is 0 Å². The molecule has 0 fully saturated rings. The predicted molar refractivity (Wildman–Crippen MR) is 132 cm³/mol. The standard InChI is InChI=1S/C25H45N3O7/c1-12-16(26)19(29)21(31)28(17(13-14(2)3)22(32)34-24(6,7)8)20(30)18(15(4)5)27-23(33)35-25(9,10)11/h14-18H,12-13,26H2,1-11H3,(H,27,33)/t16?,17-,18+/m1/s1. The maximum Gasteiger partial charge on any atom is 0.408 e. The minimum absolute atomic E-state index is 0.0539. The number of imide groups is 1. The van der Waals surface area contributed by atoms with E-state index in [0.29, 0.717) is 4.90 Å². The molecule has 0 saturated carbocycles. The van der Waals surface area contributed by atoms with Gasteiger partial charge in [-0.05, 0) is 66.2 Å². The molecule has 3 N–H and O–H groups in total. The van der Waals surface area contributed by atoms with Gasteiger partial charge < -0.3 is 20.5 Å². The summed E-state index contributed by atoms with van der Waals surface area (Å²) in [4.78, 5) is 66.2. The average Bonchev–Trinajstić information content (AvgIpc) is 2.66. The number of rotatable bonds is 10. The third kappa shape index (κ3) is 11.2. The van der Waals surface area contributed by atoms with Gasteiger partial charge in [0.25, 0.3) is 11.8 Å². The van der Waals surface area contributed by atoms with Crippen molar-refractivity contribution in [2.24, 2.45) is 17.6 Å². The van der Waals surface area contributed by atoms with E-state index in [2.05, 4.69) is 5.32 Å². The summed E-state index contributed by atoms with van der Waals surface area (Å²) < 4.78 is 10.8. The van der Waals surface area contributed by atoms with E-state index < -0.39 is 64.9 Å². The third-order valence-electron chi connectivity index (χ3n) is 4.73. The highest BCUT2D eigenvalue weighted by atomic mass is 16.6. The van der Waals surface area contributed by atoms with Gasteiger partial charge in [-0.15, -0.1) is 0 Å². The Kier molecular flexibility index (Phi) is 12.1. The number of ketones is 1. The minimum atomic E-state index is -1.39. The molecule has 3 amide bonds. The van der Waals surface area contributed by atoms with Crippen LogP contribution in [-0.4, -0.2) is 63.9 Å². The number of carbonyl (C=O) groups excluding carboxylic acids is 5. The number of hydrogen-bond acceptors (Lipinski definition) is 8. The SMILES string of the molecule is CCC(N)C(=O)C(=O)N(C(=O)[C@@H](NC(=O)OC(C)(C)C)C(C)C)[C@H](CC(C)C)C(=O)OC(C)(C)C. The van der Waals surface area contributed by atoms with Gasteiger partial charge in [0.2, 0.25) is 5.78 Å². The Labute approximate surface area is 209 Å². The monoisotopic (exact) mass is 499 g/mol. The molecule has 0 rings (SSSR count). The molecule has 202 valence electrons. The number of alkyl carbamates (subject to hydrolysis) is 1. The molecule has 10 heteroatoms. The van der Waals surface area contributed by atoms with E-state index in [9.17, 15) is 24.0 Å². The van der Waals surface area contributed by atoms with Crippen LogP contribution in [0.25, 0.3) is 0 Å². The van der Waals surface area contributed by atoms with Crippen molar-refractivity contribution in [1.29, 1.82) is 0 Å². The molecule has 0 spiro atoms. The summed E-state index contributed by atoms with van der Waals surface area (Å²) in [7, 11) is 0. The van der Waals surface area contributed by atoms with Crippen molar-refractivity contribution < 1.29 is 33.4 Å². The van der Waals surface area contributed by atoms with Gasteiger partial charge in [-0.3, -0.25) is 19.3 Å². The van der Waals surface area contributed by atoms with Crippen LogP contribution in [-0.2, 0) is 28.7 Å². The third-order valence-corrected chi connectivity index (χ3v) is 4.73. The molecular formula is C25H45N3O7. The molecule has 10 nitrogen and oxygen atoms in total. The van der Waals surface area contributed by atoms with Crippen molar-refractivity contribution in [3.8, 4) is 0 Å². The van der Waals surface area contributed by atoms with Crippen molar-refractivity contribution in [2.45, 2.75) is 118 Å². The van der Waals surface area contributed by atoms with E-state index in [-0.39, 0.29) is 18.8 Å². The van der Waals surface area contributed by atoms with E-state index in [0.717, 1.165) is 0 Å². The molecule has 0 heterocycles. The van der Waals surface area contributed by atoms with Crippen LogP contribution >= 0.6 is 0 Å². The number of Topliss-reactive ketones (excluding diaryl/α,β-unsaturated/α-hetero) is 1. The molecule has 0 aromatic rings. The van der Waals surface area contributed by atoms with Crippen molar-refractivity contribution in [1.82, 2.24) is 10.2 Å². The zero-order valence-corrected chi connectivity index (χ0v) is 23.2. The number of nitrogens with zero attached hydrogens (tertiary/aromatic N) is 1. The van der Waals surface area contributed by atoms with Gasteiger partial charge in [0.15, 0.2) is 0 Å². The summed E-state index contributed by atoms with van der Waals surface area (Å²) in [6, 6.07) is -3.78. The molecule has 0 radical (unpaired) electrons. The Morgan fingerprint density at radius 2 is 1.37 bits per heavy atom. The van der Waals surface area contributed by atoms with Crippen LogP contribution in [0.3, 0.4) is 0 Å². The number of amides is 3. The van der Waals surface area contributed by atoms with Crippen molar-refractivity contribution in [3.05, 3.63) is 0 Å². The van der Waals surface area contributed by atoms with Crippen LogP contribution in [0, 0.1) is 11.8 Å². The van der Waals surface area contributed by atoms with Gasteiger partial charge in [-0.1, -0.05) is 34.6 Å². The fourth-order valence-electron chi connectivity index (χ4n) is 3.08. The van der Waals surface area contributed by atoms with E-state index >= 15 is 0 Å². The Hall–Kier alpha value is -2.49. The first-order valence-electron chi connectivity index (χ1n) is 12.1. The van der Waals surface area contributed by atoms with E-state index in [1.54, 1.807) is 62.3 Å². The minimum Gasteiger partial charge on any atom is -0.458 e. The molecule has 0 aliphatic heterocycles. The lowest BCUT2D eigenvalue weighted by Crippen LogP contribution is -2.61. The van der Waals surface area contributed by atoms with Gasteiger partial charge >= 0.3 is 12.1 Å². The van der Waals surface area contributed by atoms with E-state index in [1.807, 2.05) is 13.8 Å². The molecular weight excluding hydrogens is 454 g/mol. The fraction of sp³-hybridized carbons (Fsp3) is 0.800. The maximum absolute atomic E-state index is 13.8. The summed E-state index contributed by atoms with van der Waals surface area (Å²) >= 11 is 0. The smallest absolute Gasteiger partial charge is 0.408 e. The topological polar surface area (TPSA) is 145 Å². The van der Waals surface area contributed by atoms with Gasteiger partial charge in [-0.25, -0.2) is 9.59 Å². The molecule has 0 aromatic carbocycles. The van der Waals surface area contributed by atoms with Crippen LogP contribution in [0.4, 0.5) is 4.79 Å². The second-order valence-corrected chi connectivity index (χ2v) is 11.4. The molecule has 1 unspecified atom stereocenters. The molecule has 3 atom stereocenters. The summed E-state index contributed by atoms with van der Waals surface area (Å²) in [5, 5.41) is 2.49. The lowest BCUT2D eigenvalue weighted by molar-refractivity contribution is -0.171. The fourth-order valence-corrected chi connectivity index (χ4v) is 3.08. The summed E-state index contributed by atoms with van der Waals surface area (Å²) in [5.74, 6) is -4.59. The van der Waals surface area contributed by atoms with E-state index in [1.165, 1.54) is 0 Å². The first-order chi connectivity index (χ1) is 15.7. The second-order valence-electron chi connectivity index (χ2n) is 11.4. The molecule has 0 aliphatic carbocycles. The highest BCUT2D eigenvalue weighted by molar-refractivity contribution is 6.41. The normalized spacial score (nSPS) is 14.7. The Balaban J connectivity index is 6.59. The molecule has 35 heavy (non-hydrogen) atoms. The molecule has 0 aliphatic rings. The van der Waals surface area contributed by atoms with Crippen LogP contribution in [0.15, 0.2) is 0 Å². The zero-order chi connectivity index (χ0) is 27.9. The Morgan fingerprint density at radius 3 is 1.74 bits per heavy atom. The van der Waals surface area contributed by atoms with Crippen molar-refractivity contribution in [3.63, 3.8) is 0 Å². The van der Waals surface area contributed by atoms with E-state index in [4.69, 9.17) is 15.2 Å². The Bertz CT molecular complexity index is 779. The van der Waals surface area contributed by atoms with Gasteiger partial charge in [0, 0.05) is 0 Å². The van der Waals surface area contributed by atoms with Crippen LogP contribution in [0.1, 0.15) is 89.0 Å². The summed E-state index contributed by atoms with van der Waals surface area (Å²) in [6.07, 6.45) is -0.651. The first kappa shape index (κ1) is 32.5. The van der Waals surface area contributed by atoms with Crippen molar-refractivity contribution >= 4 is 29.7 Å². The predicted octanol–water partition coefficient (Wildman–Crippen LogP) is 2.95. The zero-order valence-electron chi connectivity index (χ0n) is 23.2. The van der Waals surface area contributed by atoms with Crippen LogP contribution in [0.2, 0.25) is 0 Å². The summed E-state index contributed by atoms with van der Waals surface area (Å²) in [6.45, 7) is 18.5. The average molecular weight is 500 g/mol. The number of hydrogen-bond donors (Lipinski definition) is 2.